The predicted octanol–water partition coefficient (Wildman–Crippen LogP) is 0.426. The summed E-state index contributed by atoms with van der Waals surface area (Å²) in [4.78, 5) is 0. The normalized spacial score (nSPS) is 12.5. The molecule has 0 bridgehead atoms. The zero-order valence-corrected chi connectivity index (χ0v) is 6.36. The third-order valence-corrected chi connectivity index (χ3v) is 1.41. The number of nitrogens with zero attached hydrogens (tertiary/aromatic N) is 3. The Bertz CT molecular complexity index is 268. The molecule has 2 N–H and O–H groups in total. The fourth-order valence-electron chi connectivity index (χ4n) is 0.774. The first-order valence-electron chi connectivity index (χ1n) is 3.39. The fourth-order valence-corrected chi connectivity index (χ4v) is 0.774. The van der Waals surface area contributed by atoms with Crippen LogP contribution in [0.5, 0.6) is 0 Å². The van der Waals surface area contributed by atoms with E-state index in [9.17, 15) is 0 Å². The molecule has 0 aliphatic carbocycles. The molecular weight excluding hydrogens is 140 g/mol. The highest BCUT2D eigenvalue weighted by atomic mass is 15.3. The van der Waals surface area contributed by atoms with Crippen molar-refractivity contribution in [3.05, 3.63) is 18.0 Å². The van der Waals surface area contributed by atoms with Crippen molar-refractivity contribution in [1.29, 1.82) is 5.26 Å². The van der Waals surface area contributed by atoms with Crippen LogP contribution < -0.4 is 5.73 Å². The Morgan fingerprint density at radius 3 is 3.09 bits per heavy atom. The van der Waals surface area contributed by atoms with E-state index in [0.29, 0.717) is 0 Å². The van der Waals surface area contributed by atoms with Gasteiger partial charge >= 0.3 is 0 Å². The Morgan fingerprint density at radius 1 is 1.91 bits per heavy atom. The van der Waals surface area contributed by atoms with Gasteiger partial charge in [-0.15, -0.1) is 0 Å². The van der Waals surface area contributed by atoms with Crippen LogP contribution in [0.4, 0.5) is 0 Å². The van der Waals surface area contributed by atoms with Crippen LogP contribution in [0.3, 0.4) is 0 Å². The average Bonchev–Trinajstić information content (AvgIpc) is 2.37. The van der Waals surface area contributed by atoms with E-state index in [1.807, 2.05) is 13.0 Å². The van der Waals surface area contributed by atoms with Crippen molar-refractivity contribution in [2.24, 2.45) is 5.73 Å². The molecule has 0 saturated carbocycles. The molecule has 1 heterocycles. The van der Waals surface area contributed by atoms with Crippen LogP contribution in [0.2, 0.25) is 0 Å². The van der Waals surface area contributed by atoms with Crippen LogP contribution in [-0.2, 0) is 6.54 Å². The van der Waals surface area contributed by atoms with E-state index in [1.165, 1.54) is 0 Å². The van der Waals surface area contributed by atoms with Crippen molar-refractivity contribution in [3.63, 3.8) is 0 Å². The molecular formula is C7H10N4. The minimum Gasteiger partial charge on any atom is -0.324 e. The number of nitriles is 1. The Labute approximate surface area is 65.2 Å². The van der Waals surface area contributed by atoms with Crippen LogP contribution in [0, 0.1) is 11.3 Å². The van der Waals surface area contributed by atoms with E-state index in [0.717, 1.165) is 5.56 Å². The van der Waals surface area contributed by atoms with Gasteiger partial charge in [-0.3, -0.25) is 4.68 Å². The van der Waals surface area contributed by atoms with Gasteiger partial charge in [0.05, 0.1) is 12.3 Å². The Hall–Kier alpha value is -1.34. The van der Waals surface area contributed by atoms with Gasteiger partial charge < -0.3 is 5.73 Å². The zero-order chi connectivity index (χ0) is 8.27. The zero-order valence-electron chi connectivity index (χ0n) is 6.36. The van der Waals surface area contributed by atoms with Crippen molar-refractivity contribution in [3.8, 4) is 6.07 Å². The second-order valence-corrected chi connectivity index (χ2v) is 2.42. The summed E-state index contributed by atoms with van der Waals surface area (Å²) in [6.45, 7) is 2.17. The van der Waals surface area contributed by atoms with Gasteiger partial charge in [0.15, 0.2) is 0 Å². The van der Waals surface area contributed by atoms with Gasteiger partial charge in [-0.2, -0.15) is 10.4 Å². The minimum absolute atomic E-state index is 0.0116. The summed E-state index contributed by atoms with van der Waals surface area (Å²) in [7, 11) is 0. The Balaban J connectivity index is 2.75. The molecule has 4 heteroatoms. The lowest BCUT2D eigenvalue weighted by Crippen LogP contribution is -2.03. The van der Waals surface area contributed by atoms with Gasteiger partial charge in [-0.1, -0.05) is 0 Å². The highest BCUT2D eigenvalue weighted by molar-refractivity contribution is 5.08. The summed E-state index contributed by atoms with van der Waals surface area (Å²) in [5, 5.41) is 12.3. The molecule has 0 radical (unpaired) electrons. The largest absolute Gasteiger partial charge is 0.324 e. The van der Waals surface area contributed by atoms with Crippen molar-refractivity contribution in [1.82, 2.24) is 9.78 Å². The summed E-state index contributed by atoms with van der Waals surface area (Å²) in [5.41, 5.74) is 6.55. The topological polar surface area (TPSA) is 67.6 Å². The quantitative estimate of drug-likeness (QED) is 0.664. The highest BCUT2D eigenvalue weighted by Crippen LogP contribution is 2.06. The van der Waals surface area contributed by atoms with Gasteiger partial charge in [0.1, 0.15) is 6.54 Å². The monoisotopic (exact) mass is 150 g/mol. The van der Waals surface area contributed by atoms with Gasteiger partial charge in [0.2, 0.25) is 0 Å². The molecule has 0 saturated heterocycles. The van der Waals surface area contributed by atoms with Crippen LogP contribution in [0.1, 0.15) is 18.5 Å². The molecule has 1 rings (SSSR count). The fraction of sp³-hybridized carbons (Fsp3) is 0.429. The summed E-state index contributed by atoms with van der Waals surface area (Å²) < 4.78 is 1.57. The van der Waals surface area contributed by atoms with E-state index < -0.39 is 0 Å². The van der Waals surface area contributed by atoms with Crippen molar-refractivity contribution >= 4 is 0 Å². The van der Waals surface area contributed by atoms with Crippen molar-refractivity contribution in [2.45, 2.75) is 19.5 Å². The molecule has 11 heavy (non-hydrogen) atoms. The first-order chi connectivity index (χ1) is 5.24. The summed E-state index contributed by atoms with van der Waals surface area (Å²) >= 11 is 0. The van der Waals surface area contributed by atoms with Gasteiger partial charge in [-0.25, -0.2) is 0 Å². The minimum atomic E-state index is -0.0116. The third kappa shape index (κ3) is 1.79. The lowest BCUT2D eigenvalue weighted by molar-refractivity contribution is 0.707. The second kappa shape index (κ2) is 3.17. The number of hydrogen-bond acceptors (Lipinski definition) is 3. The number of nitrogens with two attached hydrogens (primary N) is 1. The summed E-state index contributed by atoms with van der Waals surface area (Å²) in [6, 6.07) is 1.98. The average molecular weight is 150 g/mol. The number of rotatable bonds is 2. The molecule has 58 valence electrons. The van der Waals surface area contributed by atoms with Crippen LogP contribution >= 0.6 is 0 Å². The molecule has 1 aromatic rings. The predicted molar refractivity (Wildman–Crippen MR) is 40.4 cm³/mol. The van der Waals surface area contributed by atoms with E-state index in [2.05, 4.69) is 5.10 Å². The van der Waals surface area contributed by atoms with Crippen LogP contribution in [-0.4, -0.2) is 9.78 Å². The highest BCUT2D eigenvalue weighted by Gasteiger charge is 2.01. The van der Waals surface area contributed by atoms with E-state index in [1.54, 1.807) is 17.1 Å². The molecule has 0 spiro atoms. The lowest BCUT2D eigenvalue weighted by atomic mass is 10.2. The molecule has 1 aromatic heterocycles. The summed E-state index contributed by atoms with van der Waals surface area (Å²) in [5.74, 6) is 0. The van der Waals surface area contributed by atoms with Gasteiger partial charge in [-0.05, 0) is 6.92 Å². The molecule has 0 fully saturated rings. The van der Waals surface area contributed by atoms with Crippen molar-refractivity contribution < 1.29 is 0 Å². The van der Waals surface area contributed by atoms with E-state index in [4.69, 9.17) is 11.0 Å². The molecule has 1 atom stereocenters. The molecule has 0 unspecified atom stereocenters. The maximum absolute atomic E-state index is 8.33. The van der Waals surface area contributed by atoms with Gasteiger partial charge in [0.25, 0.3) is 0 Å². The second-order valence-electron chi connectivity index (χ2n) is 2.42. The Kier molecular flexibility index (Phi) is 2.24. The lowest BCUT2D eigenvalue weighted by Gasteiger charge is -1.97. The molecule has 0 aliphatic heterocycles. The third-order valence-electron chi connectivity index (χ3n) is 1.41. The van der Waals surface area contributed by atoms with E-state index in [-0.39, 0.29) is 12.6 Å². The molecule has 4 nitrogen and oxygen atoms in total. The standard InChI is InChI=1S/C7H10N4/c1-6(9)7-4-10-11(5-7)3-2-8/h4-6H,3,9H2,1H3/t6-/m1/s1. The summed E-state index contributed by atoms with van der Waals surface area (Å²) in [6.07, 6.45) is 3.47. The van der Waals surface area contributed by atoms with Crippen LogP contribution in [0.15, 0.2) is 12.4 Å². The maximum Gasteiger partial charge on any atom is 0.128 e. The van der Waals surface area contributed by atoms with E-state index >= 15 is 0 Å². The Morgan fingerprint density at radius 2 is 2.64 bits per heavy atom. The first kappa shape index (κ1) is 7.76. The number of hydrogen-bond donors (Lipinski definition) is 1. The smallest absolute Gasteiger partial charge is 0.128 e. The molecule has 0 aromatic carbocycles. The van der Waals surface area contributed by atoms with Crippen LogP contribution in [0.25, 0.3) is 0 Å². The molecule has 0 aliphatic rings. The van der Waals surface area contributed by atoms with Crippen molar-refractivity contribution in [2.75, 3.05) is 0 Å². The SMILES string of the molecule is C[C@@H](N)c1cnn(CC#N)c1. The molecule has 0 amide bonds. The number of aromatic nitrogens is 2. The van der Waals surface area contributed by atoms with Gasteiger partial charge in [0, 0.05) is 17.8 Å². The first-order valence-corrected chi connectivity index (χ1v) is 3.39. The maximum atomic E-state index is 8.33.